The molecule has 0 spiro atoms. The van der Waals surface area contributed by atoms with Gasteiger partial charge in [0, 0.05) is 17.7 Å². The van der Waals surface area contributed by atoms with Gasteiger partial charge in [0.2, 0.25) is 0 Å². The Morgan fingerprint density at radius 1 is 0.821 bits per heavy atom. The molecule has 0 atom stereocenters. The number of hydrogen-bond donors (Lipinski definition) is 0. The van der Waals surface area contributed by atoms with Crippen molar-refractivity contribution >= 4 is 17.4 Å². The Hall–Kier alpha value is -3.80. The Bertz CT molecular complexity index is 929. The van der Waals surface area contributed by atoms with Crippen molar-refractivity contribution in [2.24, 2.45) is 0 Å². The second-order valence-corrected chi connectivity index (χ2v) is 6.09. The van der Waals surface area contributed by atoms with Gasteiger partial charge in [0.25, 0.3) is 5.69 Å². The van der Waals surface area contributed by atoms with Crippen LogP contribution in [0.25, 0.3) is 0 Å². The molecule has 0 aliphatic rings. The number of esters is 1. The summed E-state index contributed by atoms with van der Waals surface area (Å²) in [5.74, 6) is -1.61. The van der Waals surface area contributed by atoms with Crippen molar-refractivity contribution in [3.63, 3.8) is 0 Å². The lowest BCUT2D eigenvalue weighted by molar-refractivity contribution is -0.384. The molecule has 140 valence electrons. The molecule has 0 saturated heterocycles. The molecule has 0 saturated carbocycles. The number of rotatable bonds is 7. The number of nitro benzene ring substituents is 1. The highest BCUT2D eigenvalue weighted by Gasteiger charge is 2.25. The Morgan fingerprint density at radius 2 is 1.32 bits per heavy atom. The first kappa shape index (κ1) is 19.0. The van der Waals surface area contributed by atoms with E-state index in [4.69, 9.17) is 4.74 Å². The number of carbonyl (C=O) groups is 2. The number of ether oxygens (including phenoxy) is 1. The molecule has 0 amide bonds. The number of nitro groups is 1. The number of non-ortho nitro benzene ring substituents is 1. The van der Waals surface area contributed by atoms with Crippen molar-refractivity contribution < 1.29 is 19.2 Å². The molecule has 0 aliphatic carbocycles. The van der Waals surface area contributed by atoms with Gasteiger partial charge in [0.05, 0.1) is 4.92 Å². The minimum absolute atomic E-state index is 0.109. The Kier molecular flexibility index (Phi) is 5.91. The molecule has 0 unspecified atom stereocenters. The van der Waals surface area contributed by atoms with Crippen LogP contribution in [0.2, 0.25) is 0 Å². The molecular formula is C22H17NO5. The summed E-state index contributed by atoms with van der Waals surface area (Å²) in [6, 6.07) is 23.5. The molecule has 0 heterocycles. The zero-order valence-electron chi connectivity index (χ0n) is 14.9. The van der Waals surface area contributed by atoms with Crippen LogP contribution >= 0.6 is 0 Å². The second-order valence-electron chi connectivity index (χ2n) is 6.09. The van der Waals surface area contributed by atoms with Crippen LogP contribution in [0, 0.1) is 10.1 Å². The number of benzene rings is 3. The third-order valence-electron chi connectivity index (χ3n) is 4.25. The normalized spacial score (nSPS) is 10.5. The third-order valence-corrected chi connectivity index (χ3v) is 4.25. The van der Waals surface area contributed by atoms with Crippen LogP contribution in [-0.2, 0) is 9.53 Å². The van der Waals surface area contributed by atoms with Crippen LogP contribution in [0.3, 0.4) is 0 Å². The van der Waals surface area contributed by atoms with E-state index in [2.05, 4.69) is 0 Å². The maximum absolute atomic E-state index is 12.8. The first-order valence-corrected chi connectivity index (χ1v) is 8.60. The fourth-order valence-corrected chi connectivity index (χ4v) is 2.83. The molecule has 0 aromatic heterocycles. The Labute approximate surface area is 161 Å². The molecule has 0 bridgehead atoms. The summed E-state index contributed by atoms with van der Waals surface area (Å²) in [7, 11) is 0. The molecule has 3 aromatic carbocycles. The van der Waals surface area contributed by atoms with Gasteiger partial charge in [0.15, 0.2) is 12.4 Å². The smallest absolute Gasteiger partial charge is 0.318 e. The number of carbonyl (C=O) groups excluding carboxylic acids is 2. The quantitative estimate of drug-likeness (QED) is 0.268. The fraction of sp³-hybridized carbons (Fsp3) is 0.0909. The maximum atomic E-state index is 12.8. The van der Waals surface area contributed by atoms with Gasteiger partial charge in [-0.15, -0.1) is 0 Å². The zero-order chi connectivity index (χ0) is 19.9. The van der Waals surface area contributed by atoms with E-state index in [0.717, 1.165) is 11.1 Å². The number of ketones is 1. The highest BCUT2D eigenvalue weighted by atomic mass is 16.6. The van der Waals surface area contributed by atoms with Gasteiger partial charge >= 0.3 is 5.97 Å². The van der Waals surface area contributed by atoms with E-state index in [9.17, 15) is 19.7 Å². The third kappa shape index (κ3) is 4.48. The van der Waals surface area contributed by atoms with Crippen LogP contribution in [0.1, 0.15) is 27.4 Å². The predicted molar refractivity (Wildman–Crippen MR) is 103 cm³/mol. The van der Waals surface area contributed by atoms with Crippen LogP contribution in [0.4, 0.5) is 5.69 Å². The lowest BCUT2D eigenvalue weighted by Crippen LogP contribution is -2.21. The SMILES string of the molecule is O=C(COC(=O)C(c1ccccc1)c1ccccc1)c1ccc([N+](=O)[O-])cc1. The van der Waals surface area contributed by atoms with Crippen molar-refractivity contribution in [3.8, 4) is 0 Å². The van der Waals surface area contributed by atoms with E-state index >= 15 is 0 Å². The minimum atomic E-state index is -0.646. The van der Waals surface area contributed by atoms with Gasteiger partial charge in [-0.05, 0) is 23.3 Å². The largest absolute Gasteiger partial charge is 0.457 e. The maximum Gasteiger partial charge on any atom is 0.318 e. The topological polar surface area (TPSA) is 86.5 Å². The summed E-state index contributed by atoms with van der Waals surface area (Å²) in [5, 5.41) is 10.7. The summed E-state index contributed by atoms with van der Waals surface area (Å²) in [4.78, 5) is 35.2. The minimum Gasteiger partial charge on any atom is -0.457 e. The molecule has 0 radical (unpaired) electrons. The van der Waals surface area contributed by atoms with Gasteiger partial charge in [-0.1, -0.05) is 60.7 Å². The van der Waals surface area contributed by atoms with Crippen molar-refractivity contribution in [2.45, 2.75) is 5.92 Å². The average Bonchev–Trinajstić information content (AvgIpc) is 2.74. The van der Waals surface area contributed by atoms with E-state index in [-0.39, 0.29) is 11.3 Å². The van der Waals surface area contributed by atoms with Crippen molar-refractivity contribution in [1.82, 2.24) is 0 Å². The number of hydrogen-bond acceptors (Lipinski definition) is 5. The molecule has 0 N–H and O–H groups in total. The predicted octanol–water partition coefficient (Wildman–Crippen LogP) is 4.15. The summed E-state index contributed by atoms with van der Waals surface area (Å²) in [6.45, 7) is -0.438. The molecule has 0 aliphatic heterocycles. The fourth-order valence-electron chi connectivity index (χ4n) is 2.83. The van der Waals surface area contributed by atoms with Gasteiger partial charge in [0.1, 0.15) is 5.92 Å². The molecule has 6 heteroatoms. The summed E-state index contributed by atoms with van der Waals surface area (Å²) >= 11 is 0. The van der Waals surface area contributed by atoms with Gasteiger partial charge in [-0.25, -0.2) is 0 Å². The Morgan fingerprint density at radius 3 is 1.79 bits per heavy atom. The molecular weight excluding hydrogens is 358 g/mol. The molecule has 3 aromatic rings. The standard InChI is InChI=1S/C22H17NO5/c24-20(16-11-13-19(14-12-16)23(26)27)15-28-22(25)21(17-7-3-1-4-8-17)18-9-5-2-6-10-18/h1-14,21H,15H2. The van der Waals surface area contributed by atoms with Crippen molar-refractivity contribution in [2.75, 3.05) is 6.61 Å². The van der Waals surface area contributed by atoms with E-state index in [1.54, 1.807) is 0 Å². The van der Waals surface area contributed by atoms with E-state index < -0.39 is 29.2 Å². The van der Waals surface area contributed by atoms with Crippen molar-refractivity contribution in [3.05, 3.63) is 112 Å². The van der Waals surface area contributed by atoms with E-state index in [0.29, 0.717) is 0 Å². The zero-order valence-corrected chi connectivity index (χ0v) is 14.9. The van der Waals surface area contributed by atoms with Gasteiger partial charge in [-0.3, -0.25) is 19.7 Å². The molecule has 3 rings (SSSR count). The van der Waals surface area contributed by atoms with Crippen LogP contribution in [0.5, 0.6) is 0 Å². The van der Waals surface area contributed by atoms with Crippen LogP contribution < -0.4 is 0 Å². The summed E-state index contributed by atoms with van der Waals surface area (Å²) in [6.07, 6.45) is 0. The van der Waals surface area contributed by atoms with Crippen LogP contribution in [-0.4, -0.2) is 23.3 Å². The second kappa shape index (κ2) is 8.73. The van der Waals surface area contributed by atoms with E-state index in [1.807, 2.05) is 60.7 Å². The lowest BCUT2D eigenvalue weighted by atomic mass is 9.91. The van der Waals surface area contributed by atoms with E-state index in [1.165, 1.54) is 24.3 Å². The van der Waals surface area contributed by atoms with Gasteiger partial charge in [-0.2, -0.15) is 0 Å². The monoisotopic (exact) mass is 375 g/mol. The first-order valence-electron chi connectivity index (χ1n) is 8.60. The molecule has 28 heavy (non-hydrogen) atoms. The van der Waals surface area contributed by atoms with Gasteiger partial charge < -0.3 is 4.74 Å². The first-order chi connectivity index (χ1) is 13.6. The van der Waals surface area contributed by atoms with Crippen LogP contribution in [0.15, 0.2) is 84.9 Å². The summed E-state index contributed by atoms with van der Waals surface area (Å²) in [5.41, 5.74) is 1.67. The number of nitrogens with zero attached hydrogens (tertiary/aromatic N) is 1. The highest BCUT2D eigenvalue weighted by Crippen LogP contribution is 2.26. The summed E-state index contributed by atoms with van der Waals surface area (Å²) < 4.78 is 5.28. The van der Waals surface area contributed by atoms with Crippen molar-refractivity contribution in [1.29, 1.82) is 0 Å². The average molecular weight is 375 g/mol. The highest BCUT2D eigenvalue weighted by molar-refractivity contribution is 5.98. The molecule has 6 nitrogen and oxygen atoms in total. The lowest BCUT2D eigenvalue weighted by Gasteiger charge is -2.16. The Balaban J connectivity index is 1.73. The number of Topliss-reactive ketones (excluding diaryl/α,β-unsaturated/α-hetero) is 1. The molecule has 0 fully saturated rings.